The molecule has 1 saturated heterocycles. The van der Waals surface area contributed by atoms with Crippen molar-refractivity contribution < 1.29 is 34.2 Å². The lowest BCUT2D eigenvalue weighted by atomic mass is 10.0. The van der Waals surface area contributed by atoms with E-state index < -0.39 is 35.2 Å². The Balaban J connectivity index is 1.48. The molecule has 0 spiro atoms. The van der Waals surface area contributed by atoms with Crippen molar-refractivity contribution in [3.8, 4) is 0 Å². The normalized spacial score (nSPS) is 19.2. The van der Waals surface area contributed by atoms with Gasteiger partial charge in [0.05, 0.1) is 12.1 Å². The molecule has 0 aromatic carbocycles. The van der Waals surface area contributed by atoms with Gasteiger partial charge in [-0.1, -0.05) is 39.9 Å². The highest BCUT2D eigenvalue weighted by atomic mass is 35.5. The first-order valence-corrected chi connectivity index (χ1v) is 14.6. The quantitative estimate of drug-likeness (QED) is 0.130. The number of amides is 2. The van der Waals surface area contributed by atoms with Gasteiger partial charge in [0.1, 0.15) is 34.3 Å². The summed E-state index contributed by atoms with van der Waals surface area (Å²) in [5.74, 6) is -3.06. The third-order valence-electron chi connectivity index (χ3n) is 5.32. The summed E-state index contributed by atoms with van der Waals surface area (Å²) >= 11 is 10.9. The Morgan fingerprint density at radius 3 is 2.66 bits per heavy atom. The number of aromatic nitrogens is 2. The minimum absolute atomic E-state index is 0.00260. The second kappa shape index (κ2) is 11.5. The first-order chi connectivity index (χ1) is 18.0. The zero-order chi connectivity index (χ0) is 27.7. The molecule has 2 aromatic rings. The van der Waals surface area contributed by atoms with E-state index in [0.717, 1.165) is 16.2 Å². The number of rotatable bonds is 10. The predicted octanol–water partition coefficient (Wildman–Crippen LogP) is 1.65. The van der Waals surface area contributed by atoms with Crippen molar-refractivity contribution in [3.05, 3.63) is 31.9 Å². The van der Waals surface area contributed by atoms with E-state index in [1.165, 1.54) is 42.0 Å². The fraction of sp³-hybridized carbons (Fsp3) is 0.350. The Morgan fingerprint density at radius 2 is 2.05 bits per heavy atom. The van der Waals surface area contributed by atoms with Gasteiger partial charge in [-0.3, -0.25) is 19.3 Å². The summed E-state index contributed by atoms with van der Waals surface area (Å²) in [6.45, 7) is 1.72. The molecule has 0 aliphatic carbocycles. The highest BCUT2D eigenvalue weighted by Crippen LogP contribution is 2.42. The number of nitrogen functional groups attached to an aromatic ring is 1. The van der Waals surface area contributed by atoms with E-state index >= 15 is 0 Å². The number of fused-ring (bicyclic) bond motifs is 1. The summed E-state index contributed by atoms with van der Waals surface area (Å²) in [7, 11) is 1.23. The van der Waals surface area contributed by atoms with Gasteiger partial charge < -0.3 is 26.1 Å². The van der Waals surface area contributed by atoms with Crippen LogP contribution >= 0.6 is 57.8 Å². The Hall–Kier alpha value is -2.86. The largest absolute Gasteiger partial charge is 0.481 e. The van der Waals surface area contributed by atoms with E-state index in [9.17, 15) is 24.3 Å². The molecule has 38 heavy (non-hydrogen) atoms. The molecule has 1 fully saturated rings. The van der Waals surface area contributed by atoms with Gasteiger partial charge in [0.25, 0.3) is 11.8 Å². The average molecular weight is 619 g/mol. The van der Waals surface area contributed by atoms with Gasteiger partial charge in [0.2, 0.25) is 0 Å². The second-order valence-corrected chi connectivity index (χ2v) is 12.8. The number of aryl methyl sites for hydroxylation is 1. The van der Waals surface area contributed by atoms with Crippen molar-refractivity contribution >= 4 is 92.4 Å². The molecule has 5 N–H and O–H groups in total. The van der Waals surface area contributed by atoms with Crippen LogP contribution in [0.2, 0.25) is 4.34 Å². The maximum Gasteiger partial charge on any atom is 0.352 e. The minimum Gasteiger partial charge on any atom is -0.481 e. The van der Waals surface area contributed by atoms with Gasteiger partial charge in [-0.15, -0.1) is 23.1 Å². The number of nitrogens with one attached hydrogen (secondary N) is 1. The lowest BCUT2D eigenvalue weighted by Crippen LogP contribution is -2.71. The molecular formula is C20H19ClN6O7S4. The molecule has 2 amide bonds. The maximum atomic E-state index is 13.0. The number of hydrogen-bond donors (Lipinski definition) is 4. The SMILES string of the molecule is CO/N=C(/C(=O)NC1C(=O)N2C(C(=O)O)=C(CSc3nc(C)c(CC(=O)O)s3)CS[C@H]12)c1nc(N)sc1Cl. The van der Waals surface area contributed by atoms with Crippen LogP contribution in [0.15, 0.2) is 20.8 Å². The number of carbonyl (C=O) groups is 4. The first kappa shape index (κ1) is 28.2. The van der Waals surface area contributed by atoms with Crippen LogP contribution in [-0.2, 0) is 30.4 Å². The number of hydrogen-bond acceptors (Lipinski definition) is 13. The molecule has 2 atom stereocenters. The van der Waals surface area contributed by atoms with E-state index in [0.29, 0.717) is 26.2 Å². The summed E-state index contributed by atoms with van der Waals surface area (Å²) < 4.78 is 0.722. The molecule has 0 radical (unpaired) electrons. The molecule has 13 nitrogen and oxygen atoms in total. The zero-order valence-corrected chi connectivity index (χ0v) is 23.6. The lowest BCUT2D eigenvalue weighted by Gasteiger charge is -2.49. The molecule has 2 aromatic heterocycles. The smallest absolute Gasteiger partial charge is 0.352 e. The average Bonchev–Trinajstić information content (AvgIpc) is 3.37. The summed E-state index contributed by atoms with van der Waals surface area (Å²) in [6, 6.07) is -1.01. The van der Waals surface area contributed by atoms with E-state index in [1.54, 1.807) is 6.92 Å². The number of anilines is 1. The molecule has 1 unspecified atom stereocenters. The predicted molar refractivity (Wildman–Crippen MR) is 144 cm³/mol. The fourth-order valence-electron chi connectivity index (χ4n) is 3.66. The van der Waals surface area contributed by atoms with Crippen LogP contribution in [0.5, 0.6) is 0 Å². The van der Waals surface area contributed by atoms with E-state index in [1.807, 2.05) is 0 Å². The van der Waals surface area contributed by atoms with Gasteiger partial charge in [-0.2, -0.15) is 0 Å². The molecule has 18 heteroatoms. The minimum atomic E-state index is -1.27. The Kier molecular flexibility index (Phi) is 8.51. The van der Waals surface area contributed by atoms with Gasteiger partial charge in [0.15, 0.2) is 15.2 Å². The van der Waals surface area contributed by atoms with Crippen LogP contribution in [0.25, 0.3) is 0 Å². The van der Waals surface area contributed by atoms with Crippen molar-refractivity contribution in [2.75, 3.05) is 24.3 Å². The van der Waals surface area contributed by atoms with E-state index in [-0.39, 0.29) is 38.7 Å². The third kappa shape index (κ3) is 5.61. The monoisotopic (exact) mass is 618 g/mol. The highest BCUT2D eigenvalue weighted by molar-refractivity contribution is 8.01. The third-order valence-corrected chi connectivity index (χ3v) is 10.1. The molecule has 4 rings (SSSR count). The van der Waals surface area contributed by atoms with Crippen LogP contribution in [0.1, 0.15) is 16.3 Å². The highest BCUT2D eigenvalue weighted by Gasteiger charge is 2.54. The van der Waals surface area contributed by atoms with E-state index in [4.69, 9.17) is 27.3 Å². The molecule has 0 saturated carbocycles. The van der Waals surface area contributed by atoms with Crippen LogP contribution in [0, 0.1) is 6.92 Å². The van der Waals surface area contributed by atoms with Gasteiger partial charge in [-0.25, -0.2) is 14.8 Å². The first-order valence-electron chi connectivity index (χ1n) is 10.6. The fourth-order valence-corrected chi connectivity index (χ4v) is 8.30. The number of nitrogens with zero attached hydrogens (tertiary/aromatic N) is 4. The van der Waals surface area contributed by atoms with Crippen LogP contribution in [0.3, 0.4) is 0 Å². The number of carboxylic acid groups (broad SMARTS) is 2. The number of carbonyl (C=O) groups excluding carboxylic acids is 2. The Morgan fingerprint density at radius 1 is 1.32 bits per heavy atom. The summed E-state index contributed by atoms with van der Waals surface area (Å²) in [5.41, 5.74) is 6.36. The number of aliphatic carboxylic acids is 2. The molecule has 202 valence electrons. The van der Waals surface area contributed by atoms with Crippen LogP contribution in [0.4, 0.5) is 5.13 Å². The van der Waals surface area contributed by atoms with Crippen molar-refractivity contribution in [3.63, 3.8) is 0 Å². The summed E-state index contributed by atoms with van der Waals surface area (Å²) in [4.78, 5) is 64.0. The number of carboxylic acids is 2. The standard InChI is InChI=1S/C20H19ClN6O7S4/c1-6-8(3-9(28)29)37-20(23-6)36-5-7-4-35-17-12(16(31)27(17)13(7)18(32)33)24-15(30)11(26-34-2)10-14(21)38-19(22)25-10/h12,17H,3-5H2,1-2H3,(H2,22,25)(H,24,30)(H,28,29)(H,32,33)/b26-11+/t12?,17-/m1/s1. The zero-order valence-electron chi connectivity index (χ0n) is 19.6. The molecule has 0 bridgehead atoms. The van der Waals surface area contributed by atoms with Crippen molar-refractivity contribution in [2.24, 2.45) is 5.16 Å². The Bertz CT molecular complexity index is 1390. The maximum absolute atomic E-state index is 13.0. The number of thioether (sulfide) groups is 2. The van der Waals surface area contributed by atoms with Crippen molar-refractivity contribution in [1.29, 1.82) is 0 Å². The van der Waals surface area contributed by atoms with Crippen molar-refractivity contribution in [1.82, 2.24) is 20.2 Å². The lowest BCUT2D eigenvalue weighted by molar-refractivity contribution is -0.150. The number of thiazole rings is 2. The topological polar surface area (TPSA) is 197 Å². The summed E-state index contributed by atoms with van der Waals surface area (Å²) in [5, 5.41) is 24.6. The van der Waals surface area contributed by atoms with Crippen LogP contribution < -0.4 is 11.1 Å². The van der Waals surface area contributed by atoms with Crippen LogP contribution in [-0.4, -0.2) is 84.6 Å². The second-order valence-electron chi connectivity index (χ2n) is 7.76. The van der Waals surface area contributed by atoms with Gasteiger partial charge >= 0.3 is 11.9 Å². The van der Waals surface area contributed by atoms with E-state index in [2.05, 4.69) is 20.4 Å². The molecular weight excluding hydrogens is 600 g/mol. The Labute approximate surface area is 236 Å². The van der Waals surface area contributed by atoms with Gasteiger partial charge in [0, 0.05) is 16.4 Å². The number of oxime groups is 1. The number of nitrogens with two attached hydrogens (primary N) is 1. The van der Waals surface area contributed by atoms with Crippen molar-refractivity contribution in [2.45, 2.75) is 29.1 Å². The number of β-lactam (4-membered cyclic amide) rings is 1. The molecule has 4 heterocycles. The number of halogens is 1. The van der Waals surface area contributed by atoms with Gasteiger partial charge in [-0.05, 0) is 12.5 Å². The molecule has 2 aliphatic rings. The molecule has 2 aliphatic heterocycles. The summed E-state index contributed by atoms with van der Waals surface area (Å²) in [6.07, 6.45) is -0.140.